The molecular weight excluding hydrogens is 469 g/mol. The van der Waals surface area contributed by atoms with E-state index in [0.717, 1.165) is 13.0 Å². The molecule has 1 aromatic heterocycles. The van der Waals surface area contributed by atoms with Crippen molar-refractivity contribution in [3.05, 3.63) is 23.4 Å². The van der Waals surface area contributed by atoms with Crippen LogP contribution in [0.5, 0.6) is 5.88 Å². The number of aliphatic imine (C=N–C) groups is 1. The van der Waals surface area contributed by atoms with Crippen molar-refractivity contribution < 1.29 is 9.53 Å². The summed E-state index contributed by atoms with van der Waals surface area (Å²) in [4.78, 5) is 22.2. The second kappa shape index (κ2) is 11.4. The molecule has 1 amide bonds. The second-order valence-electron chi connectivity index (χ2n) is 6.21. The summed E-state index contributed by atoms with van der Waals surface area (Å²) in [5, 5.41) is 7.03. The summed E-state index contributed by atoms with van der Waals surface area (Å²) in [5.74, 6) is 1.35. The molecule has 1 atom stereocenters. The Hall–Kier alpha value is -1.29. The van der Waals surface area contributed by atoms with Gasteiger partial charge < -0.3 is 20.3 Å². The first kappa shape index (κ1) is 22.8. The van der Waals surface area contributed by atoms with Crippen molar-refractivity contribution in [1.29, 1.82) is 0 Å². The van der Waals surface area contributed by atoms with Crippen LogP contribution in [-0.4, -0.2) is 61.1 Å². The highest BCUT2D eigenvalue weighted by Gasteiger charge is 2.27. The Kier molecular flexibility index (Phi) is 10.0. The number of ether oxygens (including phenoxy) is 1. The monoisotopic (exact) mass is 495 g/mol. The molecule has 2 rings (SSSR count). The number of nitrogens with one attached hydrogen (secondary N) is 2. The third-order valence-electron chi connectivity index (χ3n) is 3.92. The maximum Gasteiger partial charge on any atom is 0.232 e. The number of rotatable bonds is 6. The fourth-order valence-corrected chi connectivity index (χ4v) is 2.80. The number of guanidine groups is 1. The molecule has 26 heavy (non-hydrogen) atoms. The van der Waals surface area contributed by atoms with Gasteiger partial charge in [0.1, 0.15) is 11.6 Å². The lowest BCUT2D eigenvalue weighted by Gasteiger charge is -2.20. The molecule has 146 valence electrons. The van der Waals surface area contributed by atoms with Crippen LogP contribution in [0.4, 0.5) is 0 Å². The second-order valence-corrected chi connectivity index (χ2v) is 6.61. The molecule has 2 heterocycles. The number of likely N-dealkylation sites (tertiary alicyclic amines) is 1. The standard InChI is InChI=1S/C17H26ClN5O2.HI/c1-12(2)16(24)23-9-6-13(11-23)22-17(19-3)21-8-10-25-15-14(18)5-4-7-20-15;/h4-5,7,12-13H,6,8-11H2,1-3H3,(H2,19,21,22);1H. The summed E-state index contributed by atoms with van der Waals surface area (Å²) in [6, 6.07) is 3.70. The molecule has 1 aromatic rings. The van der Waals surface area contributed by atoms with Crippen LogP contribution in [0.1, 0.15) is 20.3 Å². The molecule has 1 aliphatic rings. The Morgan fingerprint density at radius 1 is 1.54 bits per heavy atom. The number of pyridine rings is 1. The van der Waals surface area contributed by atoms with E-state index in [2.05, 4.69) is 20.6 Å². The summed E-state index contributed by atoms with van der Waals surface area (Å²) in [6.07, 6.45) is 2.55. The Labute approximate surface area is 177 Å². The van der Waals surface area contributed by atoms with Gasteiger partial charge in [0, 0.05) is 38.3 Å². The number of hydrogen-bond acceptors (Lipinski definition) is 4. The quantitative estimate of drug-likeness (QED) is 0.274. The Morgan fingerprint density at radius 3 is 2.96 bits per heavy atom. The molecule has 2 N–H and O–H groups in total. The van der Waals surface area contributed by atoms with Gasteiger partial charge in [0.15, 0.2) is 5.96 Å². The molecule has 1 aliphatic heterocycles. The first-order valence-electron chi connectivity index (χ1n) is 8.50. The van der Waals surface area contributed by atoms with Crippen molar-refractivity contribution in [2.75, 3.05) is 33.3 Å². The number of hydrogen-bond donors (Lipinski definition) is 2. The largest absolute Gasteiger partial charge is 0.475 e. The summed E-state index contributed by atoms with van der Waals surface area (Å²) in [6.45, 7) is 6.33. The molecule has 0 aromatic carbocycles. The van der Waals surface area contributed by atoms with Crippen LogP contribution in [0.25, 0.3) is 0 Å². The molecule has 1 saturated heterocycles. The molecule has 9 heteroatoms. The van der Waals surface area contributed by atoms with Gasteiger partial charge in [-0.1, -0.05) is 25.4 Å². The van der Waals surface area contributed by atoms with Crippen LogP contribution in [0.3, 0.4) is 0 Å². The van der Waals surface area contributed by atoms with Gasteiger partial charge in [-0.15, -0.1) is 24.0 Å². The van der Waals surface area contributed by atoms with Crippen molar-refractivity contribution in [1.82, 2.24) is 20.5 Å². The van der Waals surface area contributed by atoms with Gasteiger partial charge in [-0.05, 0) is 18.6 Å². The number of aromatic nitrogens is 1. The molecule has 0 spiro atoms. The Morgan fingerprint density at radius 2 is 2.31 bits per heavy atom. The van der Waals surface area contributed by atoms with Gasteiger partial charge in [0.2, 0.25) is 11.8 Å². The van der Waals surface area contributed by atoms with Crippen LogP contribution >= 0.6 is 35.6 Å². The van der Waals surface area contributed by atoms with Gasteiger partial charge in [0.25, 0.3) is 0 Å². The van der Waals surface area contributed by atoms with Gasteiger partial charge >= 0.3 is 0 Å². The fraction of sp³-hybridized carbons (Fsp3) is 0.588. The normalized spacial score (nSPS) is 17.0. The van der Waals surface area contributed by atoms with Crippen molar-refractivity contribution in [2.45, 2.75) is 26.3 Å². The maximum atomic E-state index is 12.0. The smallest absolute Gasteiger partial charge is 0.232 e. The first-order valence-corrected chi connectivity index (χ1v) is 8.88. The minimum absolute atomic E-state index is 0. The summed E-state index contributed by atoms with van der Waals surface area (Å²) in [7, 11) is 1.72. The van der Waals surface area contributed by atoms with Crippen molar-refractivity contribution >= 4 is 47.4 Å². The van der Waals surface area contributed by atoms with E-state index in [-0.39, 0.29) is 41.8 Å². The van der Waals surface area contributed by atoms with Gasteiger partial charge in [-0.2, -0.15) is 0 Å². The van der Waals surface area contributed by atoms with E-state index in [1.54, 1.807) is 25.4 Å². The van der Waals surface area contributed by atoms with Crippen molar-refractivity contribution in [3.8, 4) is 5.88 Å². The lowest BCUT2D eigenvalue weighted by Crippen LogP contribution is -2.46. The third-order valence-corrected chi connectivity index (χ3v) is 4.20. The van der Waals surface area contributed by atoms with E-state index in [4.69, 9.17) is 16.3 Å². The topological polar surface area (TPSA) is 78.9 Å². The van der Waals surface area contributed by atoms with Crippen molar-refractivity contribution in [3.63, 3.8) is 0 Å². The summed E-state index contributed by atoms with van der Waals surface area (Å²) in [5.41, 5.74) is 0. The highest BCUT2D eigenvalue weighted by Crippen LogP contribution is 2.19. The minimum Gasteiger partial charge on any atom is -0.475 e. The SMILES string of the molecule is CN=C(NCCOc1ncccc1Cl)NC1CCN(C(=O)C(C)C)C1.I. The molecular formula is C17H27ClIN5O2. The van der Waals surface area contributed by atoms with E-state index < -0.39 is 0 Å². The molecule has 7 nitrogen and oxygen atoms in total. The van der Waals surface area contributed by atoms with Crippen LogP contribution < -0.4 is 15.4 Å². The van der Waals surface area contributed by atoms with Crippen LogP contribution in [0, 0.1) is 5.92 Å². The third kappa shape index (κ3) is 6.79. The zero-order valence-corrected chi connectivity index (χ0v) is 18.5. The van der Waals surface area contributed by atoms with Gasteiger partial charge in [-0.25, -0.2) is 4.98 Å². The lowest BCUT2D eigenvalue weighted by atomic mass is 10.2. The zero-order chi connectivity index (χ0) is 18.2. The van der Waals surface area contributed by atoms with Gasteiger partial charge in [0.05, 0.1) is 6.54 Å². The lowest BCUT2D eigenvalue weighted by molar-refractivity contribution is -0.133. The first-order chi connectivity index (χ1) is 12.0. The number of halogens is 2. The van der Waals surface area contributed by atoms with Crippen LogP contribution in [0.15, 0.2) is 23.3 Å². The summed E-state index contributed by atoms with van der Waals surface area (Å²) < 4.78 is 5.54. The number of carbonyl (C=O) groups is 1. The number of nitrogens with zero attached hydrogens (tertiary/aromatic N) is 3. The summed E-state index contributed by atoms with van der Waals surface area (Å²) >= 11 is 5.99. The van der Waals surface area contributed by atoms with Crippen LogP contribution in [-0.2, 0) is 4.79 Å². The van der Waals surface area contributed by atoms with E-state index in [9.17, 15) is 4.79 Å². The van der Waals surface area contributed by atoms with E-state index in [1.807, 2.05) is 18.7 Å². The molecule has 1 unspecified atom stereocenters. The molecule has 0 saturated carbocycles. The number of amides is 1. The molecule has 0 bridgehead atoms. The number of carbonyl (C=O) groups excluding carboxylic acids is 1. The predicted octanol–water partition coefficient (Wildman–Crippen LogP) is 2.15. The minimum atomic E-state index is 0. The van der Waals surface area contributed by atoms with E-state index >= 15 is 0 Å². The maximum absolute atomic E-state index is 12.0. The highest BCUT2D eigenvalue weighted by molar-refractivity contribution is 14.0. The average Bonchev–Trinajstić information content (AvgIpc) is 3.06. The van der Waals surface area contributed by atoms with E-state index in [0.29, 0.717) is 36.6 Å². The molecule has 0 aliphatic carbocycles. The fourth-order valence-electron chi connectivity index (χ4n) is 2.63. The van der Waals surface area contributed by atoms with Crippen LogP contribution in [0.2, 0.25) is 5.02 Å². The predicted molar refractivity (Wildman–Crippen MR) is 114 cm³/mol. The average molecular weight is 496 g/mol. The van der Waals surface area contributed by atoms with Crippen molar-refractivity contribution in [2.24, 2.45) is 10.9 Å². The van der Waals surface area contributed by atoms with E-state index in [1.165, 1.54) is 0 Å². The molecule has 0 radical (unpaired) electrons. The van der Waals surface area contributed by atoms with Gasteiger partial charge in [-0.3, -0.25) is 9.79 Å². The Bertz CT molecular complexity index is 615. The highest BCUT2D eigenvalue weighted by atomic mass is 127. The molecule has 1 fully saturated rings. The Balaban J connectivity index is 0.00000338. The zero-order valence-electron chi connectivity index (χ0n) is 15.4.